The SMILES string of the molecule is Cn1ncc2cccc(NS(=O)(=O)c3cnn(-c4cc([C@]5(F)CCOC5)ccn4)c3)c21. The smallest absolute Gasteiger partial charge is 0.265 e. The van der Waals surface area contributed by atoms with Crippen LogP contribution < -0.4 is 4.72 Å². The zero-order valence-electron chi connectivity index (χ0n) is 16.6. The third kappa shape index (κ3) is 3.45. The van der Waals surface area contributed by atoms with Gasteiger partial charge in [-0.2, -0.15) is 10.2 Å². The number of hydrogen-bond acceptors (Lipinski definition) is 6. The number of benzene rings is 1. The van der Waals surface area contributed by atoms with Gasteiger partial charge in [0.25, 0.3) is 10.0 Å². The van der Waals surface area contributed by atoms with Crippen LogP contribution in [0, 0.1) is 0 Å². The summed E-state index contributed by atoms with van der Waals surface area (Å²) in [5.41, 5.74) is -0.0786. The lowest BCUT2D eigenvalue weighted by Crippen LogP contribution is -2.20. The highest BCUT2D eigenvalue weighted by Gasteiger charge is 2.37. The zero-order valence-corrected chi connectivity index (χ0v) is 17.4. The number of anilines is 1. The van der Waals surface area contributed by atoms with Crippen molar-refractivity contribution in [2.45, 2.75) is 17.0 Å². The number of hydrogen-bond donors (Lipinski definition) is 1. The van der Waals surface area contributed by atoms with Crippen LogP contribution in [0.5, 0.6) is 0 Å². The number of sulfonamides is 1. The molecule has 1 atom stereocenters. The molecule has 4 aromatic rings. The summed E-state index contributed by atoms with van der Waals surface area (Å²) < 4.78 is 51.6. The maximum absolute atomic E-state index is 15.0. The first-order valence-electron chi connectivity index (χ1n) is 9.58. The second-order valence-electron chi connectivity index (χ2n) is 7.41. The van der Waals surface area contributed by atoms with Crippen LogP contribution in [0.2, 0.25) is 0 Å². The van der Waals surface area contributed by atoms with Gasteiger partial charge in [-0.25, -0.2) is 22.5 Å². The van der Waals surface area contributed by atoms with Crippen LogP contribution in [-0.2, 0) is 27.5 Å². The molecule has 0 spiro atoms. The number of aromatic nitrogens is 5. The Bertz CT molecular complexity index is 1370. The predicted octanol–water partition coefficient (Wildman–Crippen LogP) is 2.54. The number of aryl methyl sites for hydroxylation is 1. The minimum Gasteiger partial charge on any atom is -0.378 e. The highest BCUT2D eigenvalue weighted by molar-refractivity contribution is 7.92. The molecule has 31 heavy (non-hydrogen) atoms. The highest BCUT2D eigenvalue weighted by Crippen LogP contribution is 2.35. The molecule has 11 heteroatoms. The molecule has 1 aromatic carbocycles. The summed E-state index contributed by atoms with van der Waals surface area (Å²) in [4.78, 5) is 4.16. The first kappa shape index (κ1) is 19.6. The lowest BCUT2D eigenvalue weighted by Gasteiger charge is -2.18. The summed E-state index contributed by atoms with van der Waals surface area (Å²) in [6.45, 7) is 0.339. The molecule has 0 bridgehead atoms. The van der Waals surface area contributed by atoms with Gasteiger partial charge in [0, 0.05) is 25.1 Å². The summed E-state index contributed by atoms with van der Waals surface area (Å²) in [5, 5.41) is 9.10. The van der Waals surface area contributed by atoms with Crippen LogP contribution in [0.1, 0.15) is 12.0 Å². The first-order chi connectivity index (χ1) is 14.9. The van der Waals surface area contributed by atoms with Crippen LogP contribution in [0.3, 0.4) is 0 Å². The molecule has 0 amide bonds. The van der Waals surface area contributed by atoms with Gasteiger partial charge >= 0.3 is 0 Å². The van der Waals surface area contributed by atoms with Crippen molar-refractivity contribution in [1.29, 1.82) is 0 Å². The van der Waals surface area contributed by atoms with Gasteiger partial charge in [-0.1, -0.05) is 12.1 Å². The molecule has 1 saturated heterocycles. The normalized spacial score (nSPS) is 19.2. The average molecular weight is 442 g/mol. The van der Waals surface area contributed by atoms with E-state index in [1.165, 1.54) is 23.3 Å². The van der Waals surface area contributed by atoms with E-state index < -0.39 is 15.7 Å². The summed E-state index contributed by atoms with van der Waals surface area (Å²) in [5.74, 6) is 0.316. The number of alkyl halides is 1. The van der Waals surface area contributed by atoms with E-state index in [2.05, 4.69) is 19.9 Å². The molecule has 3 aromatic heterocycles. The average Bonchev–Trinajstić information content (AvgIpc) is 3.49. The van der Waals surface area contributed by atoms with Gasteiger partial charge in [-0.05, 0) is 23.8 Å². The lowest BCUT2D eigenvalue weighted by atomic mass is 9.96. The number of ether oxygens (including phenoxy) is 1. The van der Waals surface area contributed by atoms with E-state index >= 15 is 4.39 Å². The summed E-state index contributed by atoms with van der Waals surface area (Å²) in [6.07, 6.45) is 5.97. The van der Waals surface area contributed by atoms with Crippen molar-refractivity contribution < 1.29 is 17.5 Å². The van der Waals surface area contributed by atoms with Crippen molar-refractivity contribution >= 4 is 26.6 Å². The zero-order chi connectivity index (χ0) is 21.6. The van der Waals surface area contributed by atoms with Crippen molar-refractivity contribution in [2.75, 3.05) is 17.9 Å². The van der Waals surface area contributed by atoms with Gasteiger partial charge in [0.05, 0.1) is 43.0 Å². The number of halogens is 1. The van der Waals surface area contributed by atoms with Crippen molar-refractivity contribution in [3.63, 3.8) is 0 Å². The molecule has 1 N–H and O–H groups in total. The summed E-state index contributed by atoms with van der Waals surface area (Å²) >= 11 is 0. The van der Waals surface area contributed by atoms with Gasteiger partial charge in [0.15, 0.2) is 11.5 Å². The van der Waals surface area contributed by atoms with Crippen LogP contribution in [-0.4, -0.2) is 46.2 Å². The van der Waals surface area contributed by atoms with Gasteiger partial charge < -0.3 is 4.74 Å². The molecule has 5 rings (SSSR count). The Hall–Kier alpha value is -3.31. The van der Waals surface area contributed by atoms with E-state index in [0.29, 0.717) is 29.2 Å². The monoisotopic (exact) mass is 442 g/mol. The van der Waals surface area contributed by atoms with Gasteiger partial charge in [-0.3, -0.25) is 9.40 Å². The first-order valence-corrected chi connectivity index (χ1v) is 11.1. The number of fused-ring (bicyclic) bond motifs is 1. The number of nitrogens with one attached hydrogen (secondary N) is 1. The van der Waals surface area contributed by atoms with Gasteiger partial charge in [0.1, 0.15) is 4.90 Å². The molecular formula is C20H19FN6O3S. The number of nitrogens with zero attached hydrogens (tertiary/aromatic N) is 5. The fourth-order valence-electron chi connectivity index (χ4n) is 3.68. The second-order valence-corrected chi connectivity index (χ2v) is 9.09. The molecule has 160 valence electrons. The standard InChI is InChI=1S/C20H19FN6O3S/c1-26-19-14(10-23-26)3-2-4-17(19)25-31(28,29)16-11-24-27(12-16)18-9-15(5-7-22-18)20(21)6-8-30-13-20/h2-5,7,9-12,25H,6,8,13H2,1H3/t20-/m0/s1. The van der Waals surface area contributed by atoms with E-state index in [4.69, 9.17) is 4.74 Å². The van der Waals surface area contributed by atoms with Crippen molar-refractivity contribution in [3.8, 4) is 5.82 Å². The molecule has 1 aliphatic rings. The quantitative estimate of drug-likeness (QED) is 0.509. The van der Waals surface area contributed by atoms with E-state index in [1.54, 1.807) is 42.2 Å². The third-order valence-electron chi connectivity index (χ3n) is 5.35. The molecule has 4 heterocycles. The second kappa shape index (κ2) is 7.13. The van der Waals surface area contributed by atoms with Crippen LogP contribution in [0.15, 0.2) is 60.0 Å². The lowest BCUT2D eigenvalue weighted by molar-refractivity contribution is 0.112. The number of rotatable bonds is 5. The highest BCUT2D eigenvalue weighted by atomic mass is 32.2. The molecule has 1 fully saturated rings. The molecule has 0 radical (unpaired) electrons. The number of pyridine rings is 1. The van der Waals surface area contributed by atoms with Gasteiger partial charge in [0.2, 0.25) is 0 Å². The minimum atomic E-state index is -3.92. The predicted molar refractivity (Wildman–Crippen MR) is 111 cm³/mol. The fraction of sp³-hybridized carbons (Fsp3) is 0.250. The molecule has 9 nitrogen and oxygen atoms in total. The van der Waals surface area contributed by atoms with Crippen LogP contribution in [0.4, 0.5) is 10.1 Å². The van der Waals surface area contributed by atoms with E-state index in [1.807, 2.05) is 6.07 Å². The maximum atomic E-state index is 15.0. The van der Waals surface area contributed by atoms with Crippen LogP contribution in [0.25, 0.3) is 16.7 Å². The topological polar surface area (TPSA) is 104 Å². The molecule has 0 unspecified atom stereocenters. The Labute approximate surface area is 177 Å². The minimum absolute atomic E-state index is 0.0152. The number of para-hydroxylation sites is 1. The maximum Gasteiger partial charge on any atom is 0.265 e. The molecule has 1 aliphatic heterocycles. The molecule has 0 aliphatic carbocycles. The Morgan fingerprint density at radius 2 is 2.10 bits per heavy atom. The van der Waals surface area contributed by atoms with E-state index in [9.17, 15) is 8.42 Å². The molecule has 0 saturated carbocycles. The summed E-state index contributed by atoms with van der Waals surface area (Å²) in [7, 11) is -2.18. The van der Waals surface area contributed by atoms with E-state index in [-0.39, 0.29) is 17.9 Å². The van der Waals surface area contributed by atoms with Crippen molar-refractivity contribution in [1.82, 2.24) is 24.5 Å². The van der Waals surface area contributed by atoms with Crippen LogP contribution >= 0.6 is 0 Å². The Balaban J connectivity index is 1.46. The Kier molecular flexibility index (Phi) is 4.52. The third-order valence-corrected chi connectivity index (χ3v) is 6.67. The Morgan fingerprint density at radius 3 is 2.90 bits per heavy atom. The van der Waals surface area contributed by atoms with E-state index in [0.717, 1.165) is 5.39 Å². The molecular weight excluding hydrogens is 423 g/mol. The van der Waals surface area contributed by atoms with Gasteiger partial charge in [-0.15, -0.1) is 0 Å². The van der Waals surface area contributed by atoms with Crippen molar-refractivity contribution in [3.05, 3.63) is 60.7 Å². The Morgan fingerprint density at radius 1 is 1.23 bits per heavy atom. The summed E-state index contributed by atoms with van der Waals surface area (Å²) in [6, 6.07) is 8.42. The fourth-order valence-corrected chi connectivity index (χ4v) is 4.68. The van der Waals surface area contributed by atoms with Crippen molar-refractivity contribution in [2.24, 2.45) is 7.05 Å². The largest absolute Gasteiger partial charge is 0.378 e.